The van der Waals surface area contributed by atoms with Crippen molar-refractivity contribution < 1.29 is 4.79 Å². The number of pyridine rings is 1. The maximum Gasteiger partial charge on any atom is 0.265 e. The van der Waals surface area contributed by atoms with Crippen LogP contribution in [0.3, 0.4) is 0 Å². The van der Waals surface area contributed by atoms with Crippen LogP contribution in [0.15, 0.2) is 48.5 Å². The number of hydrogen-bond donors (Lipinski definition) is 1. The van der Waals surface area contributed by atoms with E-state index in [2.05, 4.69) is 30.4 Å². The van der Waals surface area contributed by atoms with Crippen LogP contribution in [0.5, 0.6) is 0 Å². The Morgan fingerprint density at radius 1 is 1.00 bits per heavy atom. The molecule has 124 valence electrons. The van der Waals surface area contributed by atoms with Gasteiger partial charge in [-0.2, -0.15) is 0 Å². The molecule has 0 aliphatic rings. The zero-order valence-corrected chi connectivity index (χ0v) is 15.2. The number of thiophene rings is 1. The van der Waals surface area contributed by atoms with E-state index in [1.165, 1.54) is 16.9 Å². The summed E-state index contributed by atoms with van der Waals surface area (Å²) in [6, 6.07) is 16.2. The molecule has 0 atom stereocenters. The Morgan fingerprint density at radius 2 is 1.84 bits per heavy atom. The van der Waals surface area contributed by atoms with Gasteiger partial charge in [0.15, 0.2) is 0 Å². The van der Waals surface area contributed by atoms with Crippen molar-refractivity contribution >= 4 is 44.1 Å². The third-order valence-corrected chi connectivity index (χ3v) is 5.58. The Balaban J connectivity index is 1.72. The number of aryl methyl sites for hydroxylation is 2. The van der Waals surface area contributed by atoms with Gasteiger partial charge < -0.3 is 5.32 Å². The molecule has 0 saturated heterocycles. The minimum absolute atomic E-state index is 0.0862. The average molecular weight is 346 g/mol. The van der Waals surface area contributed by atoms with Crippen LogP contribution in [0.4, 0.5) is 5.69 Å². The number of hydrogen-bond acceptors (Lipinski definition) is 3. The number of nitrogens with zero attached hydrogens (tertiary/aromatic N) is 1. The van der Waals surface area contributed by atoms with E-state index in [4.69, 9.17) is 4.98 Å². The van der Waals surface area contributed by atoms with Gasteiger partial charge in [0.1, 0.15) is 4.83 Å². The molecule has 4 heteroatoms. The van der Waals surface area contributed by atoms with E-state index in [1.54, 1.807) is 0 Å². The molecule has 0 aliphatic carbocycles. The van der Waals surface area contributed by atoms with Crippen LogP contribution in [0.1, 0.15) is 26.4 Å². The Hall–Kier alpha value is -2.72. The van der Waals surface area contributed by atoms with E-state index < -0.39 is 0 Å². The zero-order valence-electron chi connectivity index (χ0n) is 14.4. The maximum absolute atomic E-state index is 12.7. The zero-order chi connectivity index (χ0) is 17.6. The maximum atomic E-state index is 12.7. The molecule has 0 fully saturated rings. The van der Waals surface area contributed by atoms with Crippen LogP contribution in [0, 0.1) is 20.8 Å². The summed E-state index contributed by atoms with van der Waals surface area (Å²) in [5.41, 5.74) is 5.28. The summed E-state index contributed by atoms with van der Waals surface area (Å²) in [5.74, 6) is -0.0862. The van der Waals surface area contributed by atoms with Gasteiger partial charge in [-0.25, -0.2) is 4.98 Å². The summed E-state index contributed by atoms with van der Waals surface area (Å²) >= 11 is 1.43. The van der Waals surface area contributed by atoms with Crippen LogP contribution in [0.2, 0.25) is 0 Å². The molecule has 0 radical (unpaired) electrons. The monoisotopic (exact) mass is 346 g/mol. The SMILES string of the molecule is Cc1ccc2nc3sc(C(=O)Nc4cccc(C)c4C)cc3cc2c1. The second-order valence-electron chi connectivity index (χ2n) is 6.39. The van der Waals surface area contributed by atoms with Crippen LogP contribution in [0.25, 0.3) is 21.1 Å². The number of fused-ring (bicyclic) bond motifs is 2. The lowest BCUT2D eigenvalue weighted by atomic mass is 10.1. The van der Waals surface area contributed by atoms with Crippen molar-refractivity contribution in [3.63, 3.8) is 0 Å². The van der Waals surface area contributed by atoms with Gasteiger partial charge in [-0.05, 0) is 62.2 Å². The first kappa shape index (κ1) is 15.8. The fourth-order valence-electron chi connectivity index (χ4n) is 2.94. The molecular formula is C21H18N2OS. The van der Waals surface area contributed by atoms with Crippen LogP contribution >= 0.6 is 11.3 Å². The summed E-state index contributed by atoms with van der Waals surface area (Å²) in [6.07, 6.45) is 0. The van der Waals surface area contributed by atoms with Gasteiger partial charge in [-0.1, -0.05) is 23.8 Å². The van der Waals surface area contributed by atoms with E-state index in [0.29, 0.717) is 4.88 Å². The largest absolute Gasteiger partial charge is 0.321 e. The lowest BCUT2D eigenvalue weighted by molar-refractivity contribution is 0.103. The number of carbonyl (C=O) groups excluding carboxylic acids is 1. The smallest absolute Gasteiger partial charge is 0.265 e. The molecule has 0 saturated carbocycles. The predicted octanol–water partition coefficient (Wildman–Crippen LogP) is 5.63. The Labute approximate surface area is 150 Å². The summed E-state index contributed by atoms with van der Waals surface area (Å²) < 4.78 is 0. The summed E-state index contributed by atoms with van der Waals surface area (Å²) in [7, 11) is 0. The number of carbonyl (C=O) groups is 1. The predicted molar refractivity (Wildman–Crippen MR) is 106 cm³/mol. The fraction of sp³-hybridized carbons (Fsp3) is 0.143. The molecule has 0 spiro atoms. The van der Waals surface area contributed by atoms with Gasteiger partial charge in [0.25, 0.3) is 5.91 Å². The highest BCUT2D eigenvalue weighted by Crippen LogP contribution is 2.29. The van der Waals surface area contributed by atoms with Gasteiger partial charge in [-0.15, -0.1) is 11.3 Å². The first-order valence-corrected chi connectivity index (χ1v) is 9.01. The van der Waals surface area contributed by atoms with Crippen molar-refractivity contribution in [3.05, 3.63) is 70.1 Å². The standard InChI is InChI=1S/C21H18N2OS/c1-12-7-8-18-15(9-12)10-16-11-19(25-21(16)23-18)20(24)22-17-6-4-5-13(2)14(17)3/h4-11H,1-3H3,(H,22,24). The summed E-state index contributed by atoms with van der Waals surface area (Å²) in [5, 5.41) is 5.13. The second-order valence-corrected chi connectivity index (χ2v) is 7.42. The van der Waals surface area contributed by atoms with E-state index >= 15 is 0 Å². The van der Waals surface area contributed by atoms with Crippen molar-refractivity contribution in [1.82, 2.24) is 4.98 Å². The number of rotatable bonds is 2. The molecule has 4 rings (SSSR count). The number of aromatic nitrogens is 1. The van der Waals surface area contributed by atoms with Crippen LogP contribution < -0.4 is 5.32 Å². The molecule has 3 nitrogen and oxygen atoms in total. The van der Waals surface area contributed by atoms with Crippen LogP contribution in [-0.2, 0) is 0 Å². The third kappa shape index (κ3) is 2.89. The number of benzene rings is 2. The van der Waals surface area contributed by atoms with E-state index in [1.807, 2.05) is 44.2 Å². The Morgan fingerprint density at radius 3 is 2.68 bits per heavy atom. The quantitative estimate of drug-likeness (QED) is 0.511. The van der Waals surface area contributed by atoms with Gasteiger partial charge in [-0.3, -0.25) is 4.79 Å². The van der Waals surface area contributed by atoms with Gasteiger partial charge >= 0.3 is 0 Å². The average Bonchev–Trinajstić information content (AvgIpc) is 3.00. The van der Waals surface area contributed by atoms with Gasteiger partial charge in [0.05, 0.1) is 10.4 Å². The number of anilines is 1. The molecule has 0 bridgehead atoms. The Kier molecular flexibility index (Phi) is 3.77. The van der Waals surface area contributed by atoms with Crippen molar-refractivity contribution in [3.8, 4) is 0 Å². The molecule has 4 aromatic rings. The van der Waals surface area contributed by atoms with E-state index in [9.17, 15) is 4.79 Å². The molecule has 1 amide bonds. The topological polar surface area (TPSA) is 42.0 Å². The molecular weight excluding hydrogens is 328 g/mol. The first-order valence-electron chi connectivity index (χ1n) is 8.20. The highest BCUT2D eigenvalue weighted by Gasteiger charge is 2.13. The lowest BCUT2D eigenvalue weighted by Crippen LogP contribution is -2.11. The van der Waals surface area contributed by atoms with Crippen molar-refractivity contribution in [1.29, 1.82) is 0 Å². The lowest BCUT2D eigenvalue weighted by Gasteiger charge is -2.09. The highest BCUT2D eigenvalue weighted by molar-refractivity contribution is 7.20. The molecule has 0 unspecified atom stereocenters. The van der Waals surface area contributed by atoms with E-state index in [0.717, 1.165) is 37.9 Å². The van der Waals surface area contributed by atoms with Crippen molar-refractivity contribution in [2.45, 2.75) is 20.8 Å². The molecule has 2 heterocycles. The van der Waals surface area contributed by atoms with Crippen LogP contribution in [-0.4, -0.2) is 10.9 Å². The molecule has 25 heavy (non-hydrogen) atoms. The van der Waals surface area contributed by atoms with Crippen molar-refractivity contribution in [2.24, 2.45) is 0 Å². The summed E-state index contributed by atoms with van der Waals surface area (Å²) in [4.78, 5) is 18.9. The third-order valence-electron chi connectivity index (χ3n) is 4.53. The van der Waals surface area contributed by atoms with Gasteiger partial charge in [0, 0.05) is 16.5 Å². The fourth-order valence-corrected chi connectivity index (χ4v) is 3.85. The minimum atomic E-state index is -0.0862. The molecule has 2 aromatic heterocycles. The highest BCUT2D eigenvalue weighted by atomic mass is 32.1. The number of amides is 1. The first-order chi connectivity index (χ1) is 12.0. The normalized spacial score (nSPS) is 11.2. The van der Waals surface area contributed by atoms with Gasteiger partial charge in [0.2, 0.25) is 0 Å². The molecule has 0 aliphatic heterocycles. The minimum Gasteiger partial charge on any atom is -0.321 e. The summed E-state index contributed by atoms with van der Waals surface area (Å²) in [6.45, 7) is 6.13. The molecule has 1 N–H and O–H groups in total. The second kappa shape index (κ2) is 5.97. The Bertz CT molecular complexity index is 1130. The van der Waals surface area contributed by atoms with E-state index in [-0.39, 0.29) is 5.91 Å². The number of nitrogens with one attached hydrogen (secondary N) is 1. The van der Waals surface area contributed by atoms with Crippen molar-refractivity contribution in [2.75, 3.05) is 5.32 Å². The molecule has 2 aromatic carbocycles.